The molecular formula is C35H25N. The molecule has 0 heterocycles. The van der Waals surface area contributed by atoms with Crippen LogP contribution >= 0.6 is 0 Å². The minimum Gasteiger partial charge on any atom is -0.355 e. The van der Waals surface area contributed by atoms with Gasteiger partial charge in [-0.3, -0.25) is 0 Å². The van der Waals surface area contributed by atoms with Crippen molar-refractivity contribution in [3.63, 3.8) is 0 Å². The van der Waals surface area contributed by atoms with Crippen molar-refractivity contribution >= 4 is 22.1 Å². The van der Waals surface area contributed by atoms with E-state index < -0.39 is 5.41 Å². The third kappa shape index (κ3) is 3.03. The Labute approximate surface area is 211 Å². The first-order valence-electron chi connectivity index (χ1n) is 12.5. The zero-order valence-electron chi connectivity index (χ0n) is 19.9. The van der Waals surface area contributed by atoms with Gasteiger partial charge in [-0.2, -0.15) is 0 Å². The minimum absolute atomic E-state index is 0.411. The fourth-order valence-electron chi connectivity index (χ4n) is 6.02. The highest BCUT2D eigenvalue weighted by atomic mass is 14.9. The van der Waals surface area contributed by atoms with Crippen molar-refractivity contribution in [2.45, 2.75) is 5.41 Å². The van der Waals surface area contributed by atoms with Crippen molar-refractivity contribution in [2.75, 3.05) is 5.32 Å². The van der Waals surface area contributed by atoms with Gasteiger partial charge in [0.2, 0.25) is 0 Å². The molecule has 0 saturated heterocycles. The number of rotatable bonds is 4. The Morgan fingerprint density at radius 1 is 0.444 bits per heavy atom. The fraction of sp³-hybridized carbons (Fsp3) is 0.0286. The van der Waals surface area contributed by atoms with E-state index in [1.807, 2.05) is 0 Å². The van der Waals surface area contributed by atoms with E-state index in [1.54, 1.807) is 0 Å². The summed E-state index contributed by atoms with van der Waals surface area (Å²) in [6, 6.07) is 52.6. The van der Waals surface area contributed by atoms with E-state index >= 15 is 0 Å². The van der Waals surface area contributed by atoms with Crippen LogP contribution in [0.5, 0.6) is 0 Å². The Hall–Kier alpha value is -4.62. The van der Waals surface area contributed by atoms with Crippen molar-refractivity contribution in [3.8, 4) is 11.1 Å². The molecule has 0 aliphatic heterocycles. The monoisotopic (exact) mass is 459 g/mol. The first kappa shape index (κ1) is 20.7. The van der Waals surface area contributed by atoms with E-state index in [0.717, 1.165) is 11.4 Å². The van der Waals surface area contributed by atoms with Crippen LogP contribution in [0.2, 0.25) is 0 Å². The van der Waals surface area contributed by atoms with Gasteiger partial charge in [0, 0.05) is 16.8 Å². The molecule has 1 nitrogen and oxygen atoms in total. The zero-order valence-corrected chi connectivity index (χ0v) is 19.9. The molecule has 7 rings (SSSR count). The minimum atomic E-state index is -0.411. The molecule has 36 heavy (non-hydrogen) atoms. The molecule has 0 radical (unpaired) electrons. The molecule has 0 aromatic heterocycles. The molecule has 6 aromatic carbocycles. The lowest BCUT2D eigenvalue weighted by Crippen LogP contribution is -2.28. The number of fused-ring (bicyclic) bond motifs is 4. The molecule has 0 fully saturated rings. The summed E-state index contributed by atoms with van der Waals surface area (Å²) < 4.78 is 0. The van der Waals surface area contributed by atoms with Crippen LogP contribution in [0.3, 0.4) is 0 Å². The smallest absolute Gasteiger partial charge is 0.0714 e. The lowest BCUT2D eigenvalue weighted by atomic mass is 9.67. The number of benzene rings is 6. The molecule has 1 aliphatic rings. The highest BCUT2D eigenvalue weighted by Crippen LogP contribution is 2.56. The molecular weight excluding hydrogens is 434 g/mol. The quantitative estimate of drug-likeness (QED) is 0.277. The maximum atomic E-state index is 3.73. The van der Waals surface area contributed by atoms with Gasteiger partial charge < -0.3 is 5.32 Å². The predicted octanol–water partition coefficient (Wildman–Crippen LogP) is 8.95. The fourth-order valence-corrected chi connectivity index (χ4v) is 6.02. The van der Waals surface area contributed by atoms with E-state index in [2.05, 4.69) is 151 Å². The topological polar surface area (TPSA) is 12.0 Å². The summed E-state index contributed by atoms with van der Waals surface area (Å²) in [5.41, 5.74) is 9.62. The zero-order chi connectivity index (χ0) is 24.0. The third-order valence-corrected chi connectivity index (χ3v) is 7.51. The molecule has 170 valence electrons. The summed E-state index contributed by atoms with van der Waals surface area (Å²) >= 11 is 0. The van der Waals surface area contributed by atoms with Gasteiger partial charge in [-0.25, -0.2) is 0 Å². The SMILES string of the molecule is c1ccc(Nc2cc(C3(c4ccccc4)c4ccccc4-c4ccccc43)cc3ccccc23)cc1. The van der Waals surface area contributed by atoms with Gasteiger partial charge in [-0.1, -0.05) is 121 Å². The molecule has 0 bridgehead atoms. The van der Waals surface area contributed by atoms with Gasteiger partial charge in [-0.05, 0) is 63.0 Å². The molecule has 1 aliphatic carbocycles. The molecule has 0 atom stereocenters. The lowest BCUT2D eigenvalue weighted by Gasteiger charge is -2.34. The van der Waals surface area contributed by atoms with Gasteiger partial charge in [0.05, 0.1) is 5.41 Å². The van der Waals surface area contributed by atoms with Crippen LogP contribution in [0.1, 0.15) is 22.3 Å². The van der Waals surface area contributed by atoms with E-state index in [-0.39, 0.29) is 0 Å². The van der Waals surface area contributed by atoms with Gasteiger partial charge in [-0.15, -0.1) is 0 Å². The molecule has 1 heteroatoms. The average Bonchev–Trinajstić information content (AvgIpc) is 3.25. The van der Waals surface area contributed by atoms with E-state index in [4.69, 9.17) is 0 Å². The summed E-state index contributed by atoms with van der Waals surface area (Å²) in [5.74, 6) is 0. The molecule has 1 N–H and O–H groups in total. The Balaban J connectivity index is 1.59. The molecule has 0 unspecified atom stereocenters. The Morgan fingerprint density at radius 3 is 1.69 bits per heavy atom. The number of hydrogen-bond donors (Lipinski definition) is 1. The normalized spacial score (nSPS) is 13.2. The van der Waals surface area contributed by atoms with Crippen LogP contribution in [0.15, 0.2) is 146 Å². The Kier molecular flexibility index (Phi) is 4.75. The van der Waals surface area contributed by atoms with Crippen molar-refractivity contribution < 1.29 is 0 Å². The number of anilines is 2. The van der Waals surface area contributed by atoms with Crippen LogP contribution < -0.4 is 5.32 Å². The van der Waals surface area contributed by atoms with Gasteiger partial charge in [0.15, 0.2) is 0 Å². The molecule has 0 saturated carbocycles. The van der Waals surface area contributed by atoms with E-state index in [9.17, 15) is 0 Å². The third-order valence-electron chi connectivity index (χ3n) is 7.51. The van der Waals surface area contributed by atoms with Crippen molar-refractivity contribution in [3.05, 3.63) is 168 Å². The van der Waals surface area contributed by atoms with Crippen molar-refractivity contribution in [2.24, 2.45) is 0 Å². The van der Waals surface area contributed by atoms with Crippen LogP contribution in [0.25, 0.3) is 21.9 Å². The highest BCUT2D eigenvalue weighted by Gasteiger charge is 2.46. The van der Waals surface area contributed by atoms with Gasteiger partial charge in [0.1, 0.15) is 0 Å². The molecule has 6 aromatic rings. The van der Waals surface area contributed by atoms with E-state index in [1.165, 1.54) is 44.2 Å². The van der Waals surface area contributed by atoms with Crippen LogP contribution in [0.4, 0.5) is 11.4 Å². The summed E-state index contributed by atoms with van der Waals surface area (Å²) in [6.07, 6.45) is 0. The summed E-state index contributed by atoms with van der Waals surface area (Å²) in [4.78, 5) is 0. The highest BCUT2D eigenvalue weighted by molar-refractivity contribution is 5.98. The maximum Gasteiger partial charge on any atom is 0.0714 e. The Morgan fingerprint density at radius 2 is 1.00 bits per heavy atom. The van der Waals surface area contributed by atoms with E-state index in [0.29, 0.717) is 0 Å². The first-order valence-corrected chi connectivity index (χ1v) is 12.5. The second-order valence-corrected chi connectivity index (χ2v) is 9.44. The van der Waals surface area contributed by atoms with Crippen LogP contribution in [-0.2, 0) is 5.41 Å². The Bertz CT molecular complexity index is 1650. The predicted molar refractivity (Wildman–Crippen MR) is 151 cm³/mol. The standard InChI is InChI=1S/C35H25N/c1-3-14-26(15-4-1)35(32-21-11-9-19-30(32)31-20-10-12-22-33(31)35)27-23-25-13-7-8-18-29(25)34(24-27)36-28-16-5-2-6-17-28/h1-24,36H. The maximum absolute atomic E-state index is 3.73. The first-order chi connectivity index (χ1) is 17.9. The van der Waals surface area contributed by atoms with Gasteiger partial charge in [0.25, 0.3) is 0 Å². The molecule has 0 spiro atoms. The summed E-state index contributed by atoms with van der Waals surface area (Å²) in [7, 11) is 0. The lowest BCUT2D eigenvalue weighted by molar-refractivity contribution is 0.770. The average molecular weight is 460 g/mol. The van der Waals surface area contributed by atoms with Crippen molar-refractivity contribution in [1.29, 1.82) is 0 Å². The summed E-state index contributed by atoms with van der Waals surface area (Å²) in [6.45, 7) is 0. The molecule has 0 amide bonds. The number of para-hydroxylation sites is 1. The van der Waals surface area contributed by atoms with Crippen LogP contribution in [0, 0.1) is 0 Å². The largest absolute Gasteiger partial charge is 0.355 e. The second kappa shape index (κ2) is 8.25. The number of nitrogens with one attached hydrogen (secondary N) is 1. The second-order valence-electron chi connectivity index (χ2n) is 9.44. The summed E-state index contributed by atoms with van der Waals surface area (Å²) in [5, 5.41) is 6.17. The van der Waals surface area contributed by atoms with Crippen molar-refractivity contribution in [1.82, 2.24) is 0 Å². The number of hydrogen-bond acceptors (Lipinski definition) is 1. The van der Waals surface area contributed by atoms with Gasteiger partial charge >= 0.3 is 0 Å². The van der Waals surface area contributed by atoms with Crippen LogP contribution in [-0.4, -0.2) is 0 Å².